The summed E-state index contributed by atoms with van der Waals surface area (Å²) in [5.74, 6) is -0.534. The Morgan fingerprint density at radius 3 is 2.77 bits per heavy atom. The third-order valence-corrected chi connectivity index (χ3v) is 4.41. The van der Waals surface area contributed by atoms with Crippen LogP contribution in [-0.4, -0.2) is 56.9 Å². The summed E-state index contributed by atoms with van der Waals surface area (Å²) in [6.45, 7) is 3.63. The van der Waals surface area contributed by atoms with Gasteiger partial charge in [0, 0.05) is 25.7 Å². The second kappa shape index (κ2) is 4.80. The van der Waals surface area contributed by atoms with Crippen molar-refractivity contribution in [2.75, 3.05) is 31.1 Å². The molecule has 2 aliphatic rings. The highest BCUT2D eigenvalue weighted by molar-refractivity contribution is 5.46. The minimum atomic E-state index is -4.56. The Morgan fingerprint density at radius 2 is 1.95 bits per heavy atom. The fraction of sp³-hybridized carbons (Fsp3) is 0.615. The lowest BCUT2D eigenvalue weighted by molar-refractivity contribution is -0.146. The van der Waals surface area contributed by atoms with E-state index in [9.17, 15) is 13.2 Å². The third-order valence-electron chi connectivity index (χ3n) is 4.41. The molecule has 2 aromatic heterocycles. The van der Waals surface area contributed by atoms with E-state index in [-0.39, 0.29) is 5.65 Å². The molecule has 1 unspecified atom stereocenters. The SMILES string of the molecule is FC(F)(F)c1nnc2ccc(N3CCN4CCCC4C3)nn12. The Labute approximate surface area is 124 Å². The van der Waals surface area contributed by atoms with Gasteiger partial charge < -0.3 is 4.90 Å². The number of fused-ring (bicyclic) bond motifs is 2. The second-order valence-corrected chi connectivity index (χ2v) is 5.76. The minimum Gasteiger partial charge on any atom is -0.352 e. The molecular formula is C13H15F3N6. The molecule has 22 heavy (non-hydrogen) atoms. The number of hydrogen-bond acceptors (Lipinski definition) is 5. The highest BCUT2D eigenvalue weighted by Crippen LogP contribution is 2.29. The van der Waals surface area contributed by atoms with Gasteiger partial charge in [-0.3, -0.25) is 4.90 Å². The number of halogens is 3. The zero-order valence-corrected chi connectivity index (χ0v) is 11.8. The zero-order valence-electron chi connectivity index (χ0n) is 11.8. The standard InChI is InChI=1S/C13H15F3N6/c14-13(15,16)12-18-17-10-3-4-11(19-22(10)12)21-7-6-20-5-1-2-9(20)8-21/h3-4,9H,1-2,5-8H2. The van der Waals surface area contributed by atoms with Crippen LogP contribution in [0.3, 0.4) is 0 Å². The number of anilines is 1. The lowest BCUT2D eigenvalue weighted by Gasteiger charge is -2.38. The van der Waals surface area contributed by atoms with Gasteiger partial charge in [-0.25, -0.2) is 0 Å². The third kappa shape index (κ3) is 2.20. The van der Waals surface area contributed by atoms with Gasteiger partial charge in [-0.1, -0.05) is 0 Å². The molecule has 0 bridgehead atoms. The lowest BCUT2D eigenvalue weighted by atomic mass is 10.1. The molecule has 6 nitrogen and oxygen atoms in total. The number of rotatable bonds is 1. The van der Waals surface area contributed by atoms with Crippen LogP contribution in [0.25, 0.3) is 5.65 Å². The van der Waals surface area contributed by atoms with Crippen LogP contribution in [-0.2, 0) is 6.18 Å². The van der Waals surface area contributed by atoms with Gasteiger partial charge >= 0.3 is 6.18 Å². The molecule has 4 heterocycles. The van der Waals surface area contributed by atoms with Crippen molar-refractivity contribution in [2.24, 2.45) is 0 Å². The molecule has 0 radical (unpaired) electrons. The maximum absolute atomic E-state index is 12.9. The molecular weight excluding hydrogens is 297 g/mol. The molecule has 2 fully saturated rings. The van der Waals surface area contributed by atoms with Crippen LogP contribution in [0.1, 0.15) is 18.7 Å². The van der Waals surface area contributed by atoms with E-state index in [2.05, 4.69) is 20.2 Å². The summed E-state index contributed by atoms with van der Waals surface area (Å²) < 4.78 is 39.5. The normalized spacial score (nSPS) is 23.2. The lowest BCUT2D eigenvalue weighted by Crippen LogP contribution is -2.50. The summed E-state index contributed by atoms with van der Waals surface area (Å²) in [6, 6.07) is 3.73. The molecule has 118 valence electrons. The van der Waals surface area contributed by atoms with Crippen LogP contribution >= 0.6 is 0 Å². The number of aromatic nitrogens is 4. The summed E-state index contributed by atoms with van der Waals surface area (Å²) >= 11 is 0. The van der Waals surface area contributed by atoms with E-state index >= 15 is 0 Å². The van der Waals surface area contributed by atoms with Crippen molar-refractivity contribution in [3.63, 3.8) is 0 Å². The number of hydrogen-bond donors (Lipinski definition) is 0. The maximum Gasteiger partial charge on any atom is 0.453 e. The van der Waals surface area contributed by atoms with Crippen LogP contribution in [0, 0.1) is 0 Å². The largest absolute Gasteiger partial charge is 0.453 e. The van der Waals surface area contributed by atoms with E-state index in [1.807, 2.05) is 4.90 Å². The maximum atomic E-state index is 12.9. The Hall–Kier alpha value is -1.90. The van der Waals surface area contributed by atoms with E-state index in [4.69, 9.17) is 0 Å². The van der Waals surface area contributed by atoms with Crippen molar-refractivity contribution in [3.05, 3.63) is 18.0 Å². The molecule has 2 aliphatic heterocycles. The molecule has 0 spiro atoms. The quantitative estimate of drug-likeness (QED) is 0.797. The van der Waals surface area contributed by atoms with Crippen LogP contribution in [0.4, 0.5) is 19.0 Å². The first-order chi connectivity index (χ1) is 10.5. The Kier molecular flexibility index (Phi) is 3.00. The molecule has 9 heteroatoms. The van der Waals surface area contributed by atoms with Gasteiger partial charge in [0.25, 0.3) is 5.82 Å². The van der Waals surface area contributed by atoms with Crippen LogP contribution < -0.4 is 4.90 Å². The summed E-state index contributed by atoms with van der Waals surface area (Å²) in [7, 11) is 0. The van der Waals surface area contributed by atoms with Crippen LogP contribution in [0.5, 0.6) is 0 Å². The summed E-state index contributed by atoms with van der Waals surface area (Å²) in [4.78, 5) is 4.49. The van der Waals surface area contributed by atoms with Gasteiger partial charge in [0.05, 0.1) is 0 Å². The second-order valence-electron chi connectivity index (χ2n) is 5.76. The topological polar surface area (TPSA) is 49.6 Å². The summed E-state index contributed by atoms with van der Waals surface area (Å²) in [5, 5.41) is 10.9. The molecule has 0 aliphatic carbocycles. The summed E-state index contributed by atoms with van der Waals surface area (Å²) in [6.07, 6.45) is -2.23. The predicted octanol–water partition coefficient (Wildman–Crippen LogP) is 1.43. The van der Waals surface area contributed by atoms with Gasteiger partial charge in [-0.15, -0.1) is 15.3 Å². The minimum absolute atomic E-state index is 0.107. The first kappa shape index (κ1) is 13.7. The van der Waals surface area contributed by atoms with Gasteiger partial charge in [-0.2, -0.15) is 17.7 Å². The van der Waals surface area contributed by atoms with Crippen molar-refractivity contribution in [2.45, 2.75) is 25.1 Å². The van der Waals surface area contributed by atoms with Crippen molar-refractivity contribution in [1.82, 2.24) is 24.7 Å². The fourth-order valence-electron chi connectivity index (χ4n) is 3.32. The Balaban J connectivity index is 1.67. The van der Waals surface area contributed by atoms with Crippen molar-refractivity contribution < 1.29 is 13.2 Å². The Bertz CT molecular complexity index is 697. The average molecular weight is 312 g/mol. The molecule has 0 aromatic carbocycles. The van der Waals surface area contributed by atoms with E-state index in [0.29, 0.717) is 11.9 Å². The number of alkyl halides is 3. The van der Waals surface area contributed by atoms with Gasteiger partial charge in [0.15, 0.2) is 5.65 Å². The van der Waals surface area contributed by atoms with Crippen LogP contribution in [0.15, 0.2) is 12.1 Å². The molecule has 2 saturated heterocycles. The highest BCUT2D eigenvalue weighted by Gasteiger charge is 2.38. The Morgan fingerprint density at radius 1 is 1.09 bits per heavy atom. The van der Waals surface area contributed by atoms with Crippen molar-refractivity contribution in [1.29, 1.82) is 0 Å². The van der Waals surface area contributed by atoms with E-state index in [1.165, 1.54) is 12.5 Å². The molecule has 1 atom stereocenters. The predicted molar refractivity (Wildman–Crippen MR) is 72.6 cm³/mol. The molecule has 4 rings (SSSR count). The molecule has 0 saturated carbocycles. The summed E-state index contributed by atoms with van der Waals surface area (Å²) in [5.41, 5.74) is 0.107. The number of nitrogens with zero attached hydrogens (tertiary/aromatic N) is 6. The molecule has 0 N–H and O–H groups in total. The molecule has 2 aromatic rings. The van der Waals surface area contributed by atoms with Gasteiger partial charge in [-0.05, 0) is 31.5 Å². The average Bonchev–Trinajstić information content (AvgIpc) is 3.11. The smallest absolute Gasteiger partial charge is 0.352 e. The fourth-order valence-corrected chi connectivity index (χ4v) is 3.32. The first-order valence-corrected chi connectivity index (χ1v) is 7.31. The van der Waals surface area contributed by atoms with Gasteiger partial charge in [0.2, 0.25) is 0 Å². The van der Waals surface area contributed by atoms with E-state index in [0.717, 1.165) is 37.1 Å². The van der Waals surface area contributed by atoms with Gasteiger partial charge in [0.1, 0.15) is 5.82 Å². The zero-order chi connectivity index (χ0) is 15.3. The monoisotopic (exact) mass is 312 g/mol. The highest BCUT2D eigenvalue weighted by atomic mass is 19.4. The van der Waals surface area contributed by atoms with E-state index in [1.54, 1.807) is 6.07 Å². The first-order valence-electron chi connectivity index (χ1n) is 7.31. The number of piperazine rings is 1. The van der Waals surface area contributed by atoms with E-state index < -0.39 is 12.0 Å². The molecule has 0 amide bonds. The van der Waals surface area contributed by atoms with Crippen molar-refractivity contribution >= 4 is 11.5 Å². The van der Waals surface area contributed by atoms with Crippen molar-refractivity contribution in [3.8, 4) is 0 Å². The van der Waals surface area contributed by atoms with Crippen LogP contribution in [0.2, 0.25) is 0 Å².